The molecule has 10 nitrogen and oxygen atoms in total. The van der Waals surface area contributed by atoms with E-state index in [-0.39, 0.29) is 29.4 Å². The van der Waals surface area contributed by atoms with Crippen molar-refractivity contribution < 1.29 is 18.1 Å². The lowest BCUT2D eigenvalue weighted by Crippen LogP contribution is -2.40. The fraction of sp³-hybridized carbons (Fsp3) is 0.381. The van der Waals surface area contributed by atoms with Gasteiger partial charge < -0.3 is 9.64 Å². The molecule has 0 aromatic heterocycles. The molecule has 0 bridgehead atoms. The van der Waals surface area contributed by atoms with Crippen molar-refractivity contribution >= 4 is 33.3 Å². The number of rotatable bonds is 9. The molecule has 1 N–H and O–H groups in total. The minimum absolute atomic E-state index is 0.104. The molecule has 0 aliphatic carbocycles. The normalized spacial score (nSPS) is 15.1. The fourth-order valence-corrected chi connectivity index (χ4v) is 4.82. The Morgan fingerprint density at radius 3 is 2.41 bits per heavy atom. The number of nitro groups is 1. The summed E-state index contributed by atoms with van der Waals surface area (Å²) in [5.41, 5.74) is 4.31. The second kappa shape index (κ2) is 10.5. The summed E-state index contributed by atoms with van der Waals surface area (Å²) >= 11 is 0. The van der Waals surface area contributed by atoms with Crippen molar-refractivity contribution in [2.45, 2.75) is 18.7 Å². The third-order valence-corrected chi connectivity index (χ3v) is 7.09. The number of sulfonamides is 1. The largest absolute Gasteiger partial charge is 0.379 e. The van der Waals surface area contributed by atoms with Gasteiger partial charge in [0.1, 0.15) is 5.69 Å². The Morgan fingerprint density at radius 2 is 1.81 bits per heavy atom. The van der Waals surface area contributed by atoms with Crippen LogP contribution in [0.25, 0.3) is 0 Å². The molecule has 0 amide bonds. The summed E-state index contributed by atoms with van der Waals surface area (Å²) < 4.78 is 32.0. The molecule has 1 aliphatic heterocycles. The Labute approximate surface area is 187 Å². The van der Waals surface area contributed by atoms with Gasteiger partial charge in [0.15, 0.2) is 0 Å². The number of hydrogen-bond acceptors (Lipinski definition) is 8. The van der Waals surface area contributed by atoms with Crippen molar-refractivity contribution in [1.82, 2.24) is 4.31 Å². The summed E-state index contributed by atoms with van der Waals surface area (Å²) in [5.74, 6) is 0. The van der Waals surface area contributed by atoms with E-state index < -0.39 is 14.9 Å². The first-order valence-electron chi connectivity index (χ1n) is 10.4. The van der Waals surface area contributed by atoms with Gasteiger partial charge in [0.25, 0.3) is 5.69 Å². The van der Waals surface area contributed by atoms with Crippen LogP contribution in [0.5, 0.6) is 0 Å². The molecule has 1 heterocycles. The molecule has 0 radical (unpaired) electrons. The maximum atomic E-state index is 12.8. The Balaban J connectivity index is 1.76. The highest BCUT2D eigenvalue weighted by molar-refractivity contribution is 7.89. The first kappa shape index (κ1) is 23.6. The van der Waals surface area contributed by atoms with Crippen LogP contribution in [0.1, 0.15) is 19.4 Å². The van der Waals surface area contributed by atoms with E-state index in [1.54, 1.807) is 6.21 Å². The van der Waals surface area contributed by atoms with Crippen LogP contribution in [0.3, 0.4) is 0 Å². The summed E-state index contributed by atoms with van der Waals surface area (Å²) in [6.45, 7) is 7.03. The number of morpholine rings is 1. The van der Waals surface area contributed by atoms with Gasteiger partial charge in [-0.15, -0.1) is 0 Å². The van der Waals surface area contributed by atoms with Gasteiger partial charge in [-0.3, -0.25) is 15.5 Å². The Morgan fingerprint density at radius 1 is 1.16 bits per heavy atom. The standard InChI is InChI=1S/C21H27N5O5S/c1-3-24(4-2)18-7-5-17(6-8-18)16-22-23-20-10-9-19(15-21(20)26(27)28)32(29,30)25-11-13-31-14-12-25/h5-10,15-16,23H,3-4,11-14H2,1-2H3. The van der Waals surface area contributed by atoms with Crippen molar-refractivity contribution in [3.63, 3.8) is 0 Å². The Kier molecular flexibility index (Phi) is 7.78. The first-order valence-corrected chi connectivity index (χ1v) is 11.8. The Hall–Kier alpha value is -3.02. The predicted molar refractivity (Wildman–Crippen MR) is 124 cm³/mol. The average Bonchev–Trinajstić information content (AvgIpc) is 2.81. The number of ether oxygens (including phenoxy) is 1. The van der Waals surface area contributed by atoms with Crippen molar-refractivity contribution in [1.29, 1.82) is 0 Å². The molecule has 0 atom stereocenters. The molecule has 2 aromatic rings. The van der Waals surface area contributed by atoms with Gasteiger partial charge in [0, 0.05) is 37.9 Å². The molecule has 3 rings (SSSR count). The first-order chi connectivity index (χ1) is 15.4. The van der Waals surface area contributed by atoms with Crippen LogP contribution in [0.4, 0.5) is 17.1 Å². The summed E-state index contributed by atoms with van der Waals surface area (Å²) in [7, 11) is -3.84. The Bertz CT molecular complexity index is 1060. The maximum Gasteiger partial charge on any atom is 0.295 e. The molecule has 32 heavy (non-hydrogen) atoms. The van der Waals surface area contributed by atoms with E-state index in [1.807, 2.05) is 24.3 Å². The number of anilines is 2. The SMILES string of the molecule is CCN(CC)c1ccc(C=NNc2ccc(S(=O)(=O)N3CCOCC3)cc2[N+](=O)[O-])cc1. The minimum atomic E-state index is -3.84. The zero-order chi connectivity index (χ0) is 23.1. The van der Waals surface area contributed by atoms with Crippen LogP contribution >= 0.6 is 0 Å². The molecule has 0 saturated carbocycles. The molecular formula is C21H27N5O5S. The third kappa shape index (κ3) is 5.42. The van der Waals surface area contributed by atoms with Crippen molar-refractivity contribution in [3.8, 4) is 0 Å². The molecule has 11 heteroatoms. The fourth-order valence-electron chi connectivity index (χ4n) is 3.39. The summed E-state index contributed by atoms with van der Waals surface area (Å²) in [5, 5.41) is 15.6. The van der Waals surface area contributed by atoms with E-state index in [4.69, 9.17) is 4.74 Å². The van der Waals surface area contributed by atoms with Crippen LogP contribution in [-0.2, 0) is 14.8 Å². The van der Waals surface area contributed by atoms with Gasteiger partial charge >= 0.3 is 0 Å². The lowest BCUT2D eigenvalue weighted by atomic mass is 10.2. The van der Waals surface area contributed by atoms with Gasteiger partial charge in [0.2, 0.25) is 10.0 Å². The van der Waals surface area contributed by atoms with Crippen molar-refractivity contribution in [2.24, 2.45) is 5.10 Å². The van der Waals surface area contributed by atoms with Gasteiger partial charge in [-0.2, -0.15) is 9.41 Å². The number of nitrogens with zero attached hydrogens (tertiary/aromatic N) is 4. The van der Waals surface area contributed by atoms with Gasteiger partial charge in [-0.25, -0.2) is 8.42 Å². The maximum absolute atomic E-state index is 12.8. The van der Waals surface area contributed by atoms with Crippen LogP contribution < -0.4 is 10.3 Å². The summed E-state index contributed by atoms with van der Waals surface area (Å²) in [6, 6.07) is 11.5. The lowest BCUT2D eigenvalue weighted by molar-refractivity contribution is -0.384. The highest BCUT2D eigenvalue weighted by Crippen LogP contribution is 2.29. The summed E-state index contributed by atoms with van der Waals surface area (Å²) in [4.78, 5) is 13.0. The molecule has 1 aliphatic rings. The zero-order valence-electron chi connectivity index (χ0n) is 18.1. The molecule has 2 aromatic carbocycles. The lowest BCUT2D eigenvalue weighted by Gasteiger charge is -2.26. The number of hydrogen-bond donors (Lipinski definition) is 1. The average molecular weight is 462 g/mol. The minimum Gasteiger partial charge on any atom is -0.379 e. The number of nitro benzene ring substituents is 1. The van der Waals surface area contributed by atoms with Crippen molar-refractivity contribution in [3.05, 3.63) is 58.1 Å². The second-order valence-electron chi connectivity index (χ2n) is 7.09. The molecule has 1 saturated heterocycles. The smallest absolute Gasteiger partial charge is 0.295 e. The quantitative estimate of drug-likeness (QED) is 0.347. The highest BCUT2D eigenvalue weighted by Gasteiger charge is 2.28. The van der Waals surface area contributed by atoms with Gasteiger partial charge in [-0.1, -0.05) is 12.1 Å². The van der Waals surface area contributed by atoms with Crippen LogP contribution in [-0.4, -0.2) is 63.3 Å². The van der Waals surface area contributed by atoms with E-state index in [0.29, 0.717) is 13.2 Å². The van der Waals surface area contributed by atoms with Crippen LogP contribution in [0.15, 0.2) is 52.5 Å². The van der Waals surface area contributed by atoms with Crippen LogP contribution in [0, 0.1) is 10.1 Å². The number of nitrogens with one attached hydrogen (secondary N) is 1. The zero-order valence-corrected chi connectivity index (χ0v) is 18.9. The monoisotopic (exact) mass is 461 g/mol. The third-order valence-electron chi connectivity index (χ3n) is 5.19. The number of hydrazone groups is 1. The molecule has 0 spiro atoms. The highest BCUT2D eigenvalue weighted by atomic mass is 32.2. The van der Waals surface area contributed by atoms with E-state index in [2.05, 4.69) is 29.3 Å². The van der Waals surface area contributed by atoms with E-state index in [1.165, 1.54) is 16.4 Å². The van der Waals surface area contributed by atoms with E-state index in [9.17, 15) is 18.5 Å². The summed E-state index contributed by atoms with van der Waals surface area (Å²) in [6.07, 6.45) is 1.55. The molecule has 1 fully saturated rings. The van der Waals surface area contributed by atoms with Gasteiger partial charge in [-0.05, 0) is 43.7 Å². The second-order valence-corrected chi connectivity index (χ2v) is 9.02. The molecular weight excluding hydrogens is 434 g/mol. The van der Waals surface area contributed by atoms with E-state index >= 15 is 0 Å². The predicted octanol–water partition coefficient (Wildman–Crippen LogP) is 2.91. The van der Waals surface area contributed by atoms with Gasteiger partial charge in [0.05, 0.1) is 29.2 Å². The van der Waals surface area contributed by atoms with Crippen LogP contribution in [0.2, 0.25) is 0 Å². The molecule has 0 unspecified atom stereocenters. The number of benzene rings is 2. The molecule has 172 valence electrons. The van der Waals surface area contributed by atoms with E-state index in [0.717, 1.165) is 30.4 Å². The topological polar surface area (TPSA) is 117 Å². The van der Waals surface area contributed by atoms with Crippen molar-refractivity contribution in [2.75, 3.05) is 49.7 Å².